The first-order valence-electron chi connectivity index (χ1n) is 8.06. The number of hydrogen-bond donors (Lipinski definition) is 0. The molecule has 0 amide bonds. The maximum absolute atomic E-state index is 5.78. The first-order valence-corrected chi connectivity index (χ1v) is 8.06. The van der Waals surface area contributed by atoms with Crippen LogP contribution in [0.2, 0.25) is 0 Å². The topological polar surface area (TPSA) is 15.7 Å². The summed E-state index contributed by atoms with van der Waals surface area (Å²) in [5.41, 5.74) is 0. The number of para-hydroxylation sites is 1. The average Bonchev–Trinajstić information content (AvgIpc) is 3.03. The zero-order valence-corrected chi connectivity index (χ0v) is 12.3. The fourth-order valence-electron chi connectivity index (χ4n) is 3.43. The van der Waals surface area contributed by atoms with E-state index in [1.807, 2.05) is 30.3 Å². The molecule has 1 saturated carbocycles. The standard InChI is InChI=1S/C17H26N2O/c1-2-8-17(9-3-1)20-15-14-18-10-12-19(13-11-18)16-6-4-5-7-16/h1-3,8-9,16H,4-7,10-15H2. The van der Waals surface area contributed by atoms with E-state index in [2.05, 4.69) is 9.80 Å². The van der Waals surface area contributed by atoms with Crippen LogP contribution in [0, 0.1) is 0 Å². The molecule has 0 atom stereocenters. The van der Waals surface area contributed by atoms with Gasteiger partial charge >= 0.3 is 0 Å². The van der Waals surface area contributed by atoms with Gasteiger partial charge in [-0.15, -0.1) is 0 Å². The van der Waals surface area contributed by atoms with Crippen molar-refractivity contribution in [2.45, 2.75) is 31.7 Å². The van der Waals surface area contributed by atoms with Gasteiger partial charge in [-0.2, -0.15) is 0 Å². The van der Waals surface area contributed by atoms with Crippen LogP contribution in [-0.4, -0.2) is 55.2 Å². The Kier molecular flexibility index (Phi) is 4.93. The minimum Gasteiger partial charge on any atom is -0.492 e. The highest BCUT2D eigenvalue weighted by Gasteiger charge is 2.25. The molecule has 3 nitrogen and oxygen atoms in total. The Morgan fingerprint density at radius 3 is 2.35 bits per heavy atom. The van der Waals surface area contributed by atoms with Crippen molar-refractivity contribution in [2.24, 2.45) is 0 Å². The summed E-state index contributed by atoms with van der Waals surface area (Å²) in [5.74, 6) is 0.983. The molecule has 0 aromatic heterocycles. The molecule has 1 aliphatic heterocycles. The number of ether oxygens (including phenoxy) is 1. The maximum atomic E-state index is 5.78. The lowest BCUT2D eigenvalue weighted by atomic mass is 10.2. The SMILES string of the molecule is c1ccc(OCCN2CCN(C3CCCC3)CC2)cc1. The summed E-state index contributed by atoms with van der Waals surface area (Å²) in [6, 6.07) is 11.0. The highest BCUT2D eigenvalue weighted by atomic mass is 16.5. The molecule has 2 fully saturated rings. The second kappa shape index (κ2) is 7.09. The molecule has 20 heavy (non-hydrogen) atoms. The van der Waals surface area contributed by atoms with Crippen molar-refractivity contribution in [2.75, 3.05) is 39.3 Å². The Morgan fingerprint density at radius 2 is 1.65 bits per heavy atom. The van der Waals surface area contributed by atoms with Gasteiger partial charge in [0.05, 0.1) is 0 Å². The van der Waals surface area contributed by atoms with Gasteiger partial charge in [0.15, 0.2) is 0 Å². The molecule has 110 valence electrons. The Morgan fingerprint density at radius 1 is 0.950 bits per heavy atom. The number of rotatable bonds is 5. The van der Waals surface area contributed by atoms with Crippen molar-refractivity contribution in [3.05, 3.63) is 30.3 Å². The van der Waals surface area contributed by atoms with Crippen molar-refractivity contribution < 1.29 is 4.74 Å². The monoisotopic (exact) mass is 274 g/mol. The Labute approximate surface area is 122 Å². The van der Waals surface area contributed by atoms with Crippen molar-refractivity contribution in [1.29, 1.82) is 0 Å². The molecule has 1 aromatic rings. The Bertz CT molecular complexity index is 381. The predicted octanol–water partition coefficient (Wildman–Crippen LogP) is 2.63. The summed E-state index contributed by atoms with van der Waals surface area (Å²) < 4.78 is 5.78. The van der Waals surface area contributed by atoms with Crippen LogP contribution in [0.3, 0.4) is 0 Å². The van der Waals surface area contributed by atoms with E-state index >= 15 is 0 Å². The van der Waals surface area contributed by atoms with E-state index in [9.17, 15) is 0 Å². The summed E-state index contributed by atoms with van der Waals surface area (Å²) in [4.78, 5) is 5.25. The van der Waals surface area contributed by atoms with Gasteiger partial charge in [-0.3, -0.25) is 9.80 Å². The van der Waals surface area contributed by atoms with Crippen molar-refractivity contribution in [3.8, 4) is 5.75 Å². The van der Waals surface area contributed by atoms with Gasteiger partial charge in [-0.1, -0.05) is 31.0 Å². The van der Waals surface area contributed by atoms with E-state index in [0.29, 0.717) is 0 Å². The average molecular weight is 274 g/mol. The molecule has 0 unspecified atom stereocenters. The number of piperazine rings is 1. The molecule has 3 heteroatoms. The molecule has 0 N–H and O–H groups in total. The van der Waals surface area contributed by atoms with Crippen LogP contribution in [0.1, 0.15) is 25.7 Å². The summed E-state index contributed by atoms with van der Waals surface area (Å²) in [5, 5.41) is 0. The minimum atomic E-state index is 0.799. The minimum absolute atomic E-state index is 0.799. The van der Waals surface area contributed by atoms with Gasteiger partial charge in [-0.25, -0.2) is 0 Å². The summed E-state index contributed by atoms with van der Waals surface area (Å²) >= 11 is 0. The van der Waals surface area contributed by atoms with Crippen LogP contribution in [-0.2, 0) is 0 Å². The van der Waals surface area contributed by atoms with Gasteiger partial charge in [0.25, 0.3) is 0 Å². The first-order chi connectivity index (χ1) is 9.92. The third-order valence-electron chi connectivity index (χ3n) is 4.67. The summed E-state index contributed by atoms with van der Waals surface area (Å²) in [7, 11) is 0. The predicted molar refractivity (Wildman–Crippen MR) is 82.2 cm³/mol. The van der Waals surface area contributed by atoms with E-state index in [0.717, 1.165) is 24.9 Å². The van der Waals surface area contributed by atoms with Gasteiger partial charge in [0.1, 0.15) is 12.4 Å². The molecule has 2 aliphatic rings. The molecule has 1 aromatic carbocycles. The summed E-state index contributed by atoms with van der Waals surface area (Å²) in [6.45, 7) is 6.75. The number of hydrogen-bond acceptors (Lipinski definition) is 3. The zero-order chi connectivity index (χ0) is 13.6. The normalized spacial score (nSPS) is 22.2. The lowest BCUT2D eigenvalue weighted by Crippen LogP contribution is -2.50. The molecule has 0 radical (unpaired) electrons. The van der Waals surface area contributed by atoms with Crippen molar-refractivity contribution >= 4 is 0 Å². The Hall–Kier alpha value is -1.06. The van der Waals surface area contributed by atoms with Crippen molar-refractivity contribution in [3.63, 3.8) is 0 Å². The number of nitrogens with zero attached hydrogens (tertiary/aromatic N) is 2. The van der Waals surface area contributed by atoms with E-state index in [1.165, 1.54) is 51.9 Å². The Balaban J connectivity index is 1.34. The van der Waals surface area contributed by atoms with Crippen LogP contribution in [0.4, 0.5) is 0 Å². The van der Waals surface area contributed by atoms with E-state index in [4.69, 9.17) is 4.74 Å². The van der Waals surface area contributed by atoms with E-state index < -0.39 is 0 Å². The molecule has 1 heterocycles. The largest absolute Gasteiger partial charge is 0.492 e. The van der Waals surface area contributed by atoms with Crippen LogP contribution in [0.15, 0.2) is 30.3 Å². The first kappa shape index (κ1) is 13.9. The lowest BCUT2D eigenvalue weighted by Gasteiger charge is -2.38. The second-order valence-electron chi connectivity index (χ2n) is 5.98. The van der Waals surface area contributed by atoms with Crippen LogP contribution in [0.25, 0.3) is 0 Å². The fraction of sp³-hybridized carbons (Fsp3) is 0.647. The third kappa shape index (κ3) is 3.74. The lowest BCUT2D eigenvalue weighted by molar-refractivity contribution is 0.0881. The second-order valence-corrected chi connectivity index (χ2v) is 5.98. The van der Waals surface area contributed by atoms with E-state index in [1.54, 1.807) is 0 Å². The molecule has 0 bridgehead atoms. The summed E-state index contributed by atoms with van der Waals surface area (Å²) in [6.07, 6.45) is 5.74. The smallest absolute Gasteiger partial charge is 0.119 e. The highest BCUT2D eigenvalue weighted by molar-refractivity contribution is 5.20. The van der Waals surface area contributed by atoms with Crippen molar-refractivity contribution in [1.82, 2.24) is 9.80 Å². The maximum Gasteiger partial charge on any atom is 0.119 e. The van der Waals surface area contributed by atoms with Gasteiger partial charge in [0, 0.05) is 38.8 Å². The van der Waals surface area contributed by atoms with Gasteiger partial charge in [-0.05, 0) is 25.0 Å². The van der Waals surface area contributed by atoms with E-state index in [-0.39, 0.29) is 0 Å². The quantitative estimate of drug-likeness (QED) is 0.821. The fourth-order valence-corrected chi connectivity index (χ4v) is 3.43. The molecule has 1 saturated heterocycles. The van der Waals surface area contributed by atoms with Crippen LogP contribution >= 0.6 is 0 Å². The highest BCUT2D eigenvalue weighted by Crippen LogP contribution is 2.24. The molecule has 0 spiro atoms. The molecular formula is C17H26N2O. The van der Waals surface area contributed by atoms with Gasteiger partial charge < -0.3 is 4.74 Å². The number of benzene rings is 1. The molecular weight excluding hydrogens is 248 g/mol. The third-order valence-corrected chi connectivity index (χ3v) is 4.67. The molecule has 1 aliphatic carbocycles. The molecule has 3 rings (SSSR count). The zero-order valence-electron chi connectivity index (χ0n) is 12.3. The van der Waals surface area contributed by atoms with Crippen LogP contribution in [0.5, 0.6) is 5.75 Å². The van der Waals surface area contributed by atoms with Gasteiger partial charge in [0.2, 0.25) is 0 Å². The van der Waals surface area contributed by atoms with Crippen LogP contribution < -0.4 is 4.74 Å².